The molecule has 19 heavy (non-hydrogen) atoms. The van der Waals surface area contributed by atoms with Crippen LogP contribution in [0.4, 0.5) is 8.78 Å². The molecule has 1 aliphatic heterocycles. The lowest BCUT2D eigenvalue weighted by Crippen LogP contribution is -2.08. The summed E-state index contributed by atoms with van der Waals surface area (Å²) in [5, 5.41) is 3.25. The second kappa shape index (κ2) is 4.74. The van der Waals surface area contributed by atoms with Crippen LogP contribution in [0, 0.1) is 18.6 Å². The van der Waals surface area contributed by atoms with Gasteiger partial charge in [0.25, 0.3) is 0 Å². The average molecular weight is 263 g/mol. The molecule has 100 valence electrons. The fourth-order valence-electron chi connectivity index (χ4n) is 2.42. The van der Waals surface area contributed by atoms with Gasteiger partial charge in [-0.25, -0.2) is 13.8 Å². The van der Waals surface area contributed by atoms with Gasteiger partial charge in [0.2, 0.25) is 0 Å². The maximum absolute atomic E-state index is 13.9. The van der Waals surface area contributed by atoms with Gasteiger partial charge in [0, 0.05) is 18.0 Å². The summed E-state index contributed by atoms with van der Waals surface area (Å²) in [6.45, 7) is 3.39. The molecule has 0 radical (unpaired) electrons. The summed E-state index contributed by atoms with van der Waals surface area (Å²) in [5.74, 6) is 0.321. The van der Waals surface area contributed by atoms with Gasteiger partial charge in [-0.1, -0.05) is 0 Å². The van der Waals surface area contributed by atoms with Gasteiger partial charge < -0.3 is 10.3 Å². The first kappa shape index (κ1) is 12.3. The number of aromatic amines is 1. The van der Waals surface area contributed by atoms with Crippen molar-refractivity contribution in [1.29, 1.82) is 0 Å². The summed E-state index contributed by atoms with van der Waals surface area (Å²) in [5.41, 5.74) is 1.06. The number of nitrogens with one attached hydrogen (secondary N) is 2. The largest absolute Gasteiger partial charge is 0.342 e. The molecule has 1 fully saturated rings. The second-order valence-corrected chi connectivity index (χ2v) is 4.95. The lowest BCUT2D eigenvalue weighted by Gasteiger charge is -2.05. The van der Waals surface area contributed by atoms with Crippen LogP contribution in [0.2, 0.25) is 0 Å². The van der Waals surface area contributed by atoms with Crippen molar-refractivity contribution in [3.63, 3.8) is 0 Å². The van der Waals surface area contributed by atoms with E-state index in [2.05, 4.69) is 15.3 Å². The molecule has 2 N–H and O–H groups in total. The SMILES string of the molecule is Cc1cc(F)c(-c2cnc(C3CCNC3)[nH]2)cc1F. The second-order valence-electron chi connectivity index (χ2n) is 4.95. The molecule has 0 bridgehead atoms. The zero-order valence-corrected chi connectivity index (χ0v) is 10.6. The van der Waals surface area contributed by atoms with Crippen molar-refractivity contribution in [3.05, 3.63) is 41.4 Å². The number of nitrogens with zero attached hydrogens (tertiary/aromatic N) is 1. The molecule has 1 saturated heterocycles. The number of rotatable bonds is 2. The molecule has 1 aromatic heterocycles. The standard InChI is InChI=1S/C14H15F2N3/c1-8-4-12(16)10(5-11(8)15)13-7-18-14(19-13)9-2-3-17-6-9/h4-5,7,9,17H,2-3,6H2,1H3,(H,18,19). The number of halogens is 2. The predicted octanol–water partition coefficient (Wildman–Crippen LogP) is 2.74. The smallest absolute Gasteiger partial charge is 0.133 e. The highest BCUT2D eigenvalue weighted by atomic mass is 19.1. The number of hydrogen-bond acceptors (Lipinski definition) is 2. The first-order valence-electron chi connectivity index (χ1n) is 6.37. The molecule has 1 atom stereocenters. The predicted molar refractivity (Wildman–Crippen MR) is 68.9 cm³/mol. The van der Waals surface area contributed by atoms with Crippen LogP contribution < -0.4 is 5.32 Å². The zero-order chi connectivity index (χ0) is 13.4. The number of aryl methyl sites for hydroxylation is 1. The van der Waals surface area contributed by atoms with Gasteiger partial charge in [-0.3, -0.25) is 0 Å². The van der Waals surface area contributed by atoms with Crippen molar-refractivity contribution >= 4 is 0 Å². The molecule has 1 unspecified atom stereocenters. The quantitative estimate of drug-likeness (QED) is 0.874. The van der Waals surface area contributed by atoms with Gasteiger partial charge in [-0.05, 0) is 37.6 Å². The Morgan fingerprint density at radius 3 is 2.84 bits per heavy atom. The Labute approximate surface area is 110 Å². The fraction of sp³-hybridized carbons (Fsp3) is 0.357. The summed E-state index contributed by atoms with van der Waals surface area (Å²) in [6.07, 6.45) is 2.58. The summed E-state index contributed by atoms with van der Waals surface area (Å²) in [6, 6.07) is 2.43. The first-order chi connectivity index (χ1) is 9.15. The molecular formula is C14H15F2N3. The highest BCUT2D eigenvalue weighted by molar-refractivity contribution is 5.60. The lowest BCUT2D eigenvalue weighted by molar-refractivity contribution is 0.594. The summed E-state index contributed by atoms with van der Waals surface area (Å²) in [4.78, 5) is 7.38. The van der Waals surface area contributed by atoms with Crippen LogP contribution >= 0.6 is 0 Å². The Balaban J connectivity index is 1.96. The van der Waals surface area contributed by atoms with Crippen molar-refractivity contribution in [1.82, 2.24) is 15.3 Å². The third-order valence-electron chi connectivity index (χ3n) is 3.58. The molecule has 2 aromatic rings. The van der Waals surface area contributed by atoms with E-state index in [4.69, 9.17) is 0 Å². The van der Waals surface area contributed by atoms with Crippen LogP contribution in [0.25, 0.3) is 11.3 Å². The molecule has 1 aromatic carbocycles. The van der Waals surface area contributed by atoms with Crippen molar-refractivity contribution in [2.45, 2.75) is 19.3 Å². The van der Waals surface area contributed by atoms with Crippen molar-refractivity contribution in [3.8, 4) is 11.3 Å². The van der Waals surface area contributed by atoms with Crippen molar-refractivity contribution in [2.24, 2.45) is 0 Å². The molecule has 0 saturated carbocycles. The molecule has 0 aliphatic carbocycles. The average Bonchev–Trinajstić information content (AvgIpc) is 3.03. The summed E-state index contributed by atoms with van der Waals surface area (Å²) in [7, 11) is 0. The minimum Gasteiger partial charge on any atom is -0.342 e. The van der Waals surface area contributed by atoms with E-state index >= 15 is 0 Å². The van der Waals surface area contributed by atoms with Crippen LogP contribution in [0.5, 0.6) is 0 Å². The minimum absolute atomic E-state index is 0.229. The third kappa shape index (κ3) is 2.26. The van der Waals surface area contributed by atoms with E-state index in [1.54, 1.807) is 13.1 Å². The normalized spacial score (nSPS) is 19.0. The van der Waals surface area contributed by atoms with Crippen molar-refractivity contribution < 1.29 is 8.78 Å². The van der Waals surface area contributed by atoms with Crippen molar-refractivity contribution in [2.75, 3.05) is 13.1 Å². The van der Waals surface area contributed by atoms with Crippen LogP contribution in [0.15, 0.2) is 18.3 Å². The van der Waals surface area contributed by atoms with E-state index in [0.29, 0.717) is 17.2 Å². The maximum atomic E-state index is 13.9. The van der Waals surface area contributed by atoms with E-state index in [1.165, 1.54) is 12.1 Å². The number of H-pyrrole nitrogens is 1. The van der Waals surface area contributed by atoms with Crippen LogP contribution in [0.3, 0.4) is 0 Å². The molecule has 2 heterocycles. The van der Waals surface area contributed by atoms with Crippen LogP contribution in [0.1, 0.15) is 23.7 Å². The zero-order valence-electron chi connectivity index (χ0n) is 10.6. The summed E-state index contributed by atoms with van der Waals surface area (Å²) >= 11 is 0. The van der Waals surface area contributed by atoms with E-state index in [9.17, 15) is 8.78 Å². The van der Waals surface area contributed by atoms with Gasteiger partial charge in [0.1, 0.15) is 17.5 Å². The topological polar surface area (TPSA) is 40.7 Å². The maximum Gasteiger partial charge on any atom is 0.133 e. The van der Waals surface area contributed by atoms with Gasteiger partial charge in [0.15, 0.2) is 0 Å². The van der Waals surface area contributed by atoms with Gasteiger partial charge in [0.05, 0.1) is 11.9 Å². The monoisotopic (exact) mass is 263 g/mol. The molecule has 0 spiro atoms. The van der Waals surface area contributed by atoms with Gasteiger partial charge >= 0.3 is 0 Å². The molecule has 3 nitrogen and oxygen atoms in total. The molecule has 3 rings (SSSR count). The number of benzene rings is 1. The first-order valence-corrected chi connectivity index (χ1v) is 6.37. The van der Waals surface area contributed by atoms with Gasteiger partial charge in [-0.2, -0.15) is 0 Å². The van der Waals surface area contributed by atoms with Gasteiger partial charge in [-0.15, -0.1) is 0 Å². The molecular weight excluding hydrogens is 248 g/mol. The number of imidazole rings is 1. The van der Waals surface area contributed by atoms with E-state index < -0.39 is 11.6 Å². The molecule has 5 heteroatoms. The Morgan fingerprint density at radius 1 is 1.26 bits per heavy atom. The third-order valence-corrected chi connectivity index (χ3v) is 3.58. The van der Waals surface area contributed by atoms with E-state index in [1.807, 2.05) is 0 Å². The Bertz CT molecular complexity index is 601. The van der Waals surface area contributed by atoms with E-state index in [-0.39, 0.29) is 5.56 Å². The molecule has 1 aliphatic rings. The summed E-state index contributed by atoms with van der Waals surface area (Å²) < 4.78 is 27.4. The Kier molecular flexibility index (Phi) is 3.06. The fourth-order valence-corrected chi connectivity index (χ4v) is 2.42. The Morgan fingerprint density at radius 2 is 2.11 bits per heavy atom. The number of aromatic nitrogens is 2. The molecule has 0 amide bonds. The Hall–Kier alpha value is -1.75. The van der Waals surface area contributed by atoms with E-state index in [0.717, 1.165) is 25.3 Å². The highest BCUT2D eigenvalue weighted by Crippen LogP contribution is 2.27. The number of hydrogen-bond donors (Lipinski definition) is 2. The lowest BCUT2D eigenvalue weighted by atomic mass is 10.1. The minimum atomic E-state index is -0.432. The van der Waals surface area contributed by atoms with Crippen LogP contribution in [-0.4, -0.2) is 23.1 Å². The van der Waals surface area contributed by atoms with Crippen LogP contribution in [-0.2, 0) is 0 Å². The highest BCUT2D eigenvalue weighted by Gasteiger charge is 2.20.